The summed E-state index contributed by atoms with van der Waals surface area (Å²) < 4.78 is 44.1. The first-order chi connectivity index (χ1) is 15.5. The smallest absolute Gasteiger partial charge is 0.461 e. The molecule has 5 nitrogen and oxygen atoms in total. The van der Waals surface area contributed by atoms with E-state index >= 15 is 0 Å². The number of rotatable bonds is 5. The molecule has 0 saturated heterocycles. The van der Waals surface area contributed by atoms with Crippen molar-refractivity contribution >= 4 is 12.1 Å². The topological polar surface area (TPSA) is 61.8 Å². The fourth-order valence-electron chi connectivity index (χ4n) is 9.66. The minimum atomic E-state index is -3.49. The van der Waals surface area contributed by atoms with Crippen molar-refractivity contribution < 1.29 is 32.6 Å². The van der Waals surface area contributed by atoms with Crippen molar-refractivity contribution in [2.45, 2.75) is 102 Å². The van der Waals surface area contributed by atoms with Gasteiger partial charge in [0.15, 0.2) is 0 Å². The Morgan fingerprint density at radius 3 is 1.94 bits per heavy atom. The summed E-state index contributed by atoms with van der Waals surface area (Å²) in [7, 11) is 0. The molecule has 8 saturated carbocycles. The molecule has 0 amide bonds. The van der Waals surface area contributed by atoms with E-state index < -0.39 is 29.2 Å². The van der Waals surface area contributed by atoms with E-state index in [9.17, 15) is 18.4 Å². The molecule has 0 aliphatic heterocycles. The Labute approximate surface area is 194 Å². The quantitative estimate of drug-likeness (QED) is 0.473. The molecule has 8 bridgehead atoms. The monoisotopic (exact) mass is 466 g/mol. The van der Waals surface area contributed by atoms with E-state index in [4.69, 9.17) is 14.2 Å². The predicted molar refractivity (Wildman–Crippen MR) is 114 cm³/mol. The van der Waals surface area contributed by atoms with Gasteiger partial charge in [0.2, 0.25) is 0 Å². The van der Waals surface area contributed by atoms with Gasteiger partial charge in [-0.1, -0.05) is 0 Å². The Hall–Kier alpha value is -1.40. The number of ether oxygens (including phenoxy) is 3. The van der Waals surface area contributed by atoms with Gasteiger partial charge in [0, 0.05) is 12.3 Å². The van der Waals surface area contributed by atoms with Crippen LogP contribution in [0.15, 0.2) is 0 Å². The van der Waals surface area contributed by atoms with E-state index in [1.807, 2.05) is 0 Å². The van der Waals surface area contributed by atoms with Crippen molar-refractivity contribution in [3.8, 4) is 0 Å². The molecule has 8 aliphatic carbocycles. The SMILES string of the molecule is CC(F)(F)C(=O)OCC12CC3CC(C1)CC(OC(=O)OC1(C)C4CC5CC(C4)CC1C5)(C3)C2. The number of carbonyl (C=O) groups is 2. The number of carbonyl (C=O) groups excluding carboxylic acids is 2. The Balaban J connectivity index is 1.15. The summed E-state index contributed by atoms with van der Waals surface area (Å²) in [4.78, 5) is 24.9. The van der Waals surface area contributed by atoms with E-state index in [1.165, 1.54) is 6.42 Å². The summed E-state index contributed by atoms with van der Waals surface area (Å²) in [6.45, 7) is 2.67. The fourth-order valence-corrected chi connectivity index (χ4v) is 9.66. The van der Waals surface area contributed by atoms with Crippen LogP contribution in [-0.4, -0.2) is 35.9 Å². The van der Waals surface area contributed by atoms with Gasteiger partial charge >= 0.3 is 18.0 Å². The summed E-state index contributed by atoms with van der Waals surface area (Å²) in [5, 5.41) is 0. The van der Waals surface area contributed by atoms with Crippen molar-refractivity contribution in [3.05, 3.63) is 0 Å². The van der Waals surface area contributed by atoms with Crippen molar-refractivity contribution in [2.24, 2.45) is 40.9 Å². The fraction of sp³-hybridized carbons (Fsp3) is 0.923. The zero-order chi connectivity index (χ0) is 23.2. The highest BCUT2D eigenvalue weighted by Crippen LogP contribution is 2.64. The number of hydrogen-bond donors (Lipinski definition) is 0. The van der Waals surface area contributed by atoms with Crippen LogP contribution in [0.4, 0.5) is 13.6 Å². The molecule has 33 heavy (non-hydrogen) atoms. The zero-order valence-corrected chi connectivity index (χ0v) is 19.7. The van der Waals surface area contributed by atoms with Crippen LogP contribution in [0.2, 0.25) is 0 Å². The normalized spacial score (nSPS) is 49.2. The lowest BCUT2D eigenvalue weighted by molar-refractivity contribution is -0.218. The molecule has 8 rings (SSSR count). The van der Waals surface area contributed by atoms with Gasteiger partial charge in [0.1, 0.15) is 11.2 Å². The van der Waals surface area contributed by atoms with Crippen LogP contribution in [0.25, 0.3) is 0 Å². The molecule has 0 spiro atoms. The minimum Gasteiger partial charge on any atom is -0.461 e. The van der Waals surface area contributed by atoms with Crippen molar-refractivity contribution in [1.29, 1.82) is 0 Å². The Morgan fingerprint density at radius 2 is 1.39 bits per heavy atom. The second-order valence-corrected chi connectivity index (χ2v) is 13.1. The second-order valence-electron chi connectivity index (χ2n) is 13.1. The molecule has 8 fully saturated rings. The van der Waals surface area contributed by atoms with Crippen LogP contribution >= 0.6 is 0 Å². The van der Waals surface area contributed by atoms with Crippen LogP contribution in [0, 0.1) is 40.9 Å². The maximum absolute atomic E-state index is 13.3. The van der Waals surface area contributed by atoms with Gasteiger partial charge in [-0.05, 0) is 113 Å². The summed E-state index contributed by atoms with van der Waals surface area (Å²) in [5.74, 6) is -1.77. The van der Waals surface area contributed by atoms with Crippen LogP contribution in [0.1, 0.15) is 84.5 Å². The lowest BCUT2D eigenvalue weighted by Gasteiger charge is -2.61. The molecule has 0 radical (unpaired) electrons. The first kappa shape index (κ1) is 22.1. The first-order valence-electron chi connectivity index (χ1n) is 12.9. The number of esters is 1. The average Bonchev–Trinajstić information content (AvgIpc) is 2.67. The maximum atomic E-state index is 13.3. The summed E-state index contributed by atoms with van der Waals surface area (Å²) in [5.41, 5.74) is -1.44. The molecule has 184 valence electrons. The second kappa shape index (κ2) is 7.07. The zero-order valence-electron chi connectivity index (χ0n) is 19.7. The molecular formula is C26H36F2O5. The Kier molecular flexibility index (Phi) is 4.73. The first-order valence-corrected chi connectivity index (χ1v) is 12.9. The predicted octanol–water partition coefficient (Wildman–Crippen LogP) is 5.89. The van der Waals surface area contributed by atoms with Gasteiger partial charge in [-0.3, -0.25) is 0 Å². The third-order valence-electron chi connectivity index (χ3n) is 10.4. The number of halogens is 2. The van der Waals surface area contributed by atoms with Gasteiger partial charge in [0.25, 0.3) is 0 Å². The van der Waals surface area contributed by atoms with Crippen molar-refractivity contribution in [1.82, 2.24) is 0 Å². The molecular weight excluding hydrogens is 430 g/mol. The Bertz CT molecular complexity index is 806. The van der Waals surface area contributed by atoms with Gasteiger partial charge in [0.05, 0.1) is 6.61 Å². The molecule has 8 aliphatic rings. The highest BCUT2D eigenvalue weighted by atomic mass is 19.3. The minimum absolute atomic E-state index is 0.0208. The number of hydrogen-bond acceptors (Lipinski definition) is 5. The molecule has 2 unspecified atom stereocenters. The van der Waals surface area contributed by atoms with Crippen molar-refractivity contribution in [2.75, 3.05) is 6.61 Å². The van der Waals surface area contributed by atoms with Gasteiger partial charge in [-0.15, -0.1) is 0 Å². The van der Waals surface area contributed by atoms with Gasteiger partial charge in [-0.2, -0.15) is 8.78 Å². The summed E-state index contributed by atoms with van der Waals surface area (Å²) >= 11 is 0. The summed E-state index contributed by atoms with van der Waals surface area (Å²) in [6.07, 6.45) is 10.3. The molecule has 7 heteroatoms. The molecule has 0 aromatic rings. The van der Waals surface area contributed by atoms with Crippen LogP contribution in [-0.2, 0) is 19.0 Å². The lowest BCUT2D eigenvalue weighted by atomic mass is 9.48. The number of alkyl halides is 2. The van der Waals surface area contributed by atoms with Crippen molar-refractivity contribution in [3.63, 3.8) is 0 Å². The third kappa shape index (κ3) is 3.67. The molecule has 0 aromatic carbocycles. The third-order valence-corrected chi connectivity index (χ3v) is 10.4. The van der Waals surface area contributed by atoms with Crippen LogP contribution < -0.4 is 0 Å². The Morgan fingerprint density at radius 1 is 0.848 bits per heavy atom. The molecule has 0 heterocycles. The highest BCUT2D eigenvalue weighted by Gasteiger charge is 2.62. The lowest BCUT2D eigenvalue weighted by Crippen LogP contribution is -2.60. The largest absolute Gasteiger partial charge is 0.509 e. The van der Waals surface area contributed by atoms with Crippen LogP contribution in [0.3, 0.4) is 0 Å². The highest BCUT2D eigenvalue weighted by molar-refractivity contribution is 5.76. The standard InChI is InChI=1S/C26H36F2O5/c1-23(19-5-15-3-16(7-19)8-20(23)6-15)32-22(30)33-26-11-17-4-18(12-26)10-25(9-17,13-26)14-31-21(29)24(2,27)28/h15-20H,3-14H2,1-2H3. The van der Waals surface area contributed by atoms with E-state index in [2.05, 4.69) is 6.92 Å². The maximum Gasteiger partial charge on any atom is 0.509 e. The van der Waals surface area contributed by atoms with E-state index in [0.717, 1.165) is 69.6 Å². The van der Waals surface area contributed by atoms with Gasteiger partial charge < -0.3 is 14.2 Å². The van der Waals surface area contributed by atoms with E-state index in [1.54, 1.807) is 0 Å². The average molecular weight is 467 g/mol. The molecule has 0 N–H and O–H groups in total. The summed E-state index contributed by atoms with van der Waals surface area (Å²) in [6, 6.07) is 0. The molecule has 2 atom stereocenters. The van der Waals surface area contributed by atoms with E-state index in [-0.39, 0.29) is 12.0 Å². The molecule has 0 aromatic heterocycles. The van der Waals surface area contributed by atoms with Gasteiger partial charge in [-0.25, -0.2) is 9.59 Å². The van der Waals surface area contributed by atoms with Crippen LogP contribution in [0.5, 0.6) is 0 Å². The van der Waals surface area contributed by atoms with E-state index in [0.29, 0.717) is 37.0 Å².